The maximum atomic E-state index is 13.4. The zero-order valence-electron chi connectivity index (χ0n) is 15.8. The van der Waals surface area contributed by atoms with Gasteiger partial charge in [-0.15, -0.1) is 0 Å². The number of hydroxylamine groups is 1. The van der Waals surface area contributed by atoms with Gasteiger partial charge in [-0.05, 0) is 37.8 Å². The van der Waals surface area contributed by atoms with Crippen LogP contribution < -0.4 is 5.48 Å². The Kier molecular flexibility index (Phi) is 5.56. The minimum absolute atomic E-state index is 0.00561. The van der Waals surface area contributed by atoms with Crippen LogP contribution in [0.25, 0.3) is 11.0 Å². The summed E-state index contributed by atoms with van der Waals surface area (Å²) in [5.74, 6) is -1.10. The van der Waals surface area contributed by atoms with Crippen molar-refractivity contribution in [3.63, 3.8) is 0 Å². The average Bonchev–Trinajstić information content (AvgIpc) is 3.16. The molecule has 11 heteroatoms. The number of amides is 1. The molecule has 1 atom stereocenters. The summed E-state index contributed by atoms with van der Waals surface area (Å²) in [6, 6.07) is 3.37. The molecule has 1 aromatic carbocycles. The standard InChI is InChI=1S/C18H23FN4O5S/c19-13-4-5-14-16(11-13)28-21-17(14)12-6-9-22(10-7-12)29(26,27)23-8-2-1-3-15(23)18(24)20-25/h4-5,11-12,15,25H,1-3,6-10H2,(H,20,24). The molecule has 2 aliphatic heterocycles. The summed E-state index contributed by atoms with van der Waals surface area (Å²) in [6.45, 7) is 0.818. The zero-order chi connectivity index (χ0) is 20.6. The predicted molar refractivity (Wildman–Crippen MR) is 101 cm³/mol. The van der Waals surface area contributed by atoms with E-state index in [2.05, 4.69) is 5.16 Å². The maximum Gasteiger partial charge on any atom is 0.282 e. The Labute approximate surface area is 167 Å². The van der Waals surface area contributed by atoms with Gasteiger partial charge in [0.2, 0.25) is 0 Å². The number of halogens is 1. The smallest absolute Gasteiger partial charge is 0.282 e. The molecule has 3 heterocycles. The molecule has 158 valence electrons. The number of rotatable bonds is 4. The van der Waals surface area contributed by atoms with Crippen molar-refractivity contribution in [1.29, 1.82) is 0 Å². The number of carbonyl (C=O) groups excluding carboxylic acids is 1. The molecule has 2 aliphatic rings. The summed E-state index contributed by atoms with van der Waals surface area (Å²) in [4.78, 5) is 11.9. The topological polar surface area (TPSA) is 116 Å². The van der Waals surface area contributed by atoms with Gasteiger partial charge in [-0.1, -0.05) is 11.6 Å². The Morgan fingerprint density at radius 3 is 2.69 bits per heavy atom. The Morgan fingerprint density at radius 1 is 1.21 bits per heavy atom. The molecule has 1 amide bonds. The van der Waals surface area contributed by atoms with Crippen LogP contribution in [0.5, 0.6) is 0 Å². The monoisotopic (exact) mass is 426 g/mol. The van der Waals surface area contributed by atoms with E-state index in [1.54, 1.807) is 11.5 Å². The lowest BCUT2D eigenvalue weighted by Gasteiger charge is -2.39. The zero-order valence-corrected chi connectivity index (χ0v) is 16.6. The van der Waals surface area contributed by atoms with Gasteiger partial charge in [0.05, 0.1) is 5.69 Å². The van der Waals surface area contributed by atoms with E-state index in [-0.39, 0.29) is 25.6 Å². The number of hydrogen-bond acceptors (Lipinski definition) is 6. The SMILES string of the molecule is O=C(NO)C1CCCCN1S(=O)(=O)N1CCC(c2noc3cc(F)ccc23)CC1. The van der Waals surface area contributed by atoms with Gasteiger partial charge in [0.1, 0.15) is 11.9 Å². The van der Waals surface area contributed by atoms with Crippen LogP contribution in [-0.2, 0) is 15.0 Å². The summed E-state index contributed by atoms with van der Waals surface area (Å²) in [5.41, 5.74) is 2.67. The van der Waals surface area contributed by atoms with E-state index in [4.69, 9.17) is 9.73 Å². The molecule has 29 heavy (non-hydrogen) atoms. The van der Waals surface area contributed by atoms with Crippen LogP contribution >= 0.6 is 0 Å². The molecule has 0 bridgehead atoms. The second-order valence-electron chi connectivity index (χ2n) is 7.49. The molecule has 0 radical (unpaired) electrons. The number of hydrogen-bond donors (Lipinski definition) is 2. The van der Waals surface area contributed by atoms with Crippen molar-refractivity contribution in [3.05, 3.63) is 29.7 Å². The van der Waals surface area contributed by atoms with Crippen LogP contribution in [0.2, 0.25) is 0 Å². The van der Waals surface area contributed by atoms with Crippen molar-refractivity contribution < 1.29 is 27.3 Å². The van der Waals surface area contributed by atoms with E-state index >= 15 is 0 Å². The fraction of sp³-hybridized carbons (Fsp3) is 0.556. The summed E-state index contributed by atoms with van der Waals surface area (Å²) >= 11 is 0. The Balaban J connectivity index is 1.48. The van der Waals surface area contributed by atoms with Crippen molar-refractivity contribution >= 4 is 27.1 Å². The van der Waals surface area contributed by atoms with Crippen molar-refractivity contribution in [2.24, 2.45) is 0 Å². The maximum absolute atomic E-state index is 13.4. The summed E-state index contributed by atoms with van der Waals surface area (Å²) in [5, 5.41) is 13.8. The lowest BCUT2D eigenvalue weighted by Crippen LogP contribution is -2.56. The Hall–Kier alpha value is -2.08. The third-order valence-corrected chi connectivity index (χ3v) is 7.84. The van der Waals surface area contributed by atoms with Crippen LogP contribution in [0.3, 0.4) is 0 Å². The normalized spacial score (nSPS) is 22.8. The van der Waals surface area contributed by atoms with E-state index in [0.717, 1.165) is 11.8 Å². The number of nitrogens with one attached hydrogen (secondary N) is 1. The largest absolute Gasteiger partial charge is 0.356 e. The molecule has 0 spiro atoms. The molecule has 1 unspecified atom stereocenters. The first-order valence-corrected chi connectivity index (χ1v) is 11.1. The molecule has 2 N–H and O–H groups in total. The summed E-state index contributed by atoms with van der Waals surface area (Å²) < 4.78 is 47.4. The summed E-state index contributed by atoms with van der Waals surface area (Å²) in [6.07, 6.45) is 2.87. The molecule has 4 rings (SSSR count). The van der Waals surface area contributed by atoms with E-state index in [1.807, 2.05) is 0 Å². The van der Waals surface area contributed by atoms with E-state index in [0.29, 0.717) is 37.0 Å². The first kappa shape index (κ1) is 20.2. The van der Waals surface area contributed by atoms with Crippen molar-refractivity contribution in [1.82, 2.24) is 19.2 Å². The average molecular weight is 426 g/mol. The van der Waals surface area contributed by atoms with Crippen LogP contribution in [0, 0.1) is 5.82 Å². The number of fused-ring (bicyclic) bond motifs is 1. The van der Waals surface area contributed by atoms with Gasteiger partial charge in [-0.3, -0.25) is 10.0 Å². The van der Waals surface area contributed by atoms with Gasteiger partial charge >= 0.3 is 0 Å². The number of aromatic nitrogens is 1. The van der Waals surface area contributed by atoms with Crippen LogP contribution in [0.4, 0.5) is 4.39 Å². The Bertz CT molecular complexity index is 1000. The highest BCUT2D eigenvalue weighted by atomic mass is 32.2. The third-order valence-electron chi connectivity index (χ3n) is 5.79. The molecular weight excluding hydrogens is 403 g/mol. The minimum Gasteiger partial charge on any atom is -0.356 e. The van der Waals surface area contributed by atoms with E-state index in [1.165, 1.54) is 20.7 Å². The molecule has 2 fully saturated rings. The first-order chi connectivity index (χ1) is 13.9. The van der Waals surface area contributed by atoms with Gasteiger partial charge in [-0.25, -0.2) is 9.87 Å². The number of piperidine rings is 2. The number of benzene rings is 1. The lowest BCUT2D eigenvalue weighted by molar-refractivity contribution is -0.134. The van der Waals surface area contributed by atoms with Gasteiger partial charge in [0.25, 0.3) is 16.1 Å². The molecular formula is C18H23FN4O5S. The van der Waals surface area contributed by atoms with Crippen molar-refractivity contribution in [3.8, 4) is 0 Å². The highest BCUT2D eigenvalue weighted by Crippen LogP contribution is 2.34. The van der Waals surface area contributed by atoms with Crippen LogP contribution in [0.15, 0.2) is 22.7 Å². The minimum atomic E-state index is -3.83. The molecule has 2 saturated heterocycles. The van der Waals surface area contributed by atoms with Crippen molar-refractivity contribution in [2.75, 3.05) is 19.6 Å². The quantitative estimate of drug-likeness (QED) is 0.568. The van der Waals surface area contributed by atoms with Crippen LogP contribution in [0.1, 0.15) is 43.7 Å². The molecule has 0 aliphatic carbocycles. The van der Waals surface area contributed by atoms with Gasteiger partial charge < -0.3 is 4.52 Å². The number of nitrogens with zero attached hydrogens (tertiary/aromatic N) is 3. The second kappa shape index (κ2) is 7.98. The van der Waals surface area contributed by atoms with Crippen LogP contribution in [-0.4, -0.2) is 59.0 Å². The molecule has 0 saturated carbocycles. The lowest BCUT2D eigenvalue weighted by atomic mass is 9.92. The van der Waals surface area contributed by atoms with Crippen molar-refractivity contribution in [2.45, 2.75) is 44.1 Å². The summed E-state index contributed by atoms with van der Waals surface area (Å²) in [7, 11) is -3.83. The highest BCUT2D eigenvalue weighted by Gasteiger charge is 2.41. The second-order valence-corrected chi connectivity index (χ2v) is 9.37. The first-order valence-electron chi connectivity index (χ1n) is 9.67. The fourth-order valence-corrected chi connectivity index (χ4v) is 6.10. The highest BCUT2D eigenvalue weighted by molar-refractivity contribution is 7.86. The van der Waals surface area contributed by atoms with E-state index in [9.17, 15) is 17.6 Å². The number of carbonyl (C=O) groups is 1. The Morgan fingerprint density at radius 2 is 1.97 bits per heavy atom. The predicted octanol–water partition coefficient (Wildman–Crippen LogP) is 1.75. The van der Waals surface area contributed by atoms with Gasteiger partial charge in [0.15, 0.2) is 5.58 Å². The molecule has 9 nitrogen and oxygen atoms in total. The third kappa shape index (κ3) is 3.75. The van der Waals surface area contributed by atoms with Gasteiger partial charge in [-0.2, -0.15) is 17.0 Å². The van der Waals surface area contributed by atoms with E-state index < -0.39 is 28.0 Å². The molecule has 1 aromatic heterocycles. The fourth-order valence-electron chi connectivity index (χ4n) is 4.25. The molecule has 2 aromatic rings. The van der Waals surface area contributed by atoms with Gasteiger partial charge in [0, 0.05) is 37.0 Å².